The number of amides is 1. The largest absolute Gasteiger partial charge is 0.494 e. The Balaban J connectivity index is 1.42. The minimum atomic E-state index is 0.182. The number of nitriles is 1. The Morgan fingerprint density at radius 2 is 1.79 bits per heavy atom. The molecule has 28 heavy (non-hydrogen) atoms. The molecule has 1 amide bonds. The Bertz CT molecular complexity index is 815. The Kier molecular flexibility index (Phi) is 7.16. The lowest BCUT2D eigenvalue weighted by atomic mass is 10.2. The predicted octanol–water partition coefficient (Wildman–Crippen LogP) is 4.11. The fraction of sp³-hybridized carbons (Fsp3) is 0.364. The zero-order chi connectivity index (χ0) is 19.8. The second kappa shape index (κ2) is 10.0. The van der Waals surface area contributed by atoms with Gasteiger partial charge in [0, 0.05) is 43.3 Å². The molecule has 6 heteroatoms. The standard InChI is InChI=1S/C22H24ClN3O2/c23-19-6-10-21(11-7-19)28-16-1-3-22(27)26-13-2-12-25(14-15-26)20-8-4-18(17-24)5-9-20/h4-11H,1-3,12-16H2. The van der Waals surface area contributed by atoms with E-state index in [1.165, 1.54) is 0 Å². The number of halogens is 1. The van der Waals surface area contributed by atoms with E-state index in [1.54, 1.807) is 12.1 Å². The highest BCUT2D eigenvalue weighted by Crippen LogP contribution is 2.18. The van der Waals surface area contributed by atoms with E-state index in [2.05, 4.69) is 11.0 Å². The highest BCUT2D eigenvalue weighted by Gasteiger charge is 2.19. The third kappa shape index (κ3) is 5.64. The first kappa shape index (κ1) is 20.0. The van der Waals surface area contributed by atoms with Gasteiger partial charge in [0.2, 0.25) is 5.91 Å². The molecule has 0 spiro atoms. The third-order valence-corrected chi connectivity index (χ3v) is 5.08. The number of carbonyl (C=O) groups is 1. The first-order chi connectivity index (χ1) is 13.7. The van der Waals surface area contributed by atoms with Crippen LogP contribution in [-0.4, -0.2) is 43.6 Å². The zero-order valence-electron chi connectivity index (χ0n) is 15.8. The Morgan fingerprint density at radius 1 is 1.04 bits per heavy atom. The molecule has 5 nitrogen and oxygen atoms in total. The van der Waals surface area contributed by atoms with E-state index >= 15 is 0 Å². The zero-order valence-corrected chi connectivity index (χ0v) is 16.6. The topological polar surface area (TPSA) is 56.6 Å². The van der Waals surface area contributed by atoms with Crippen LogP contribution in [0.2, 0.25) is 5.02 Å². The Morgan fingerprint density at radius 3 is 2.50 bits per heavy atom. The van der Waals surface area contributed by atoms with Crippen LogP contribution in [0, 0.1) is 11.3 Å². The van der Waals surface area contributed by atoms with E-state index in [0.717, 1.165) is 44.0 Å². The van der Waals surface area contributed by atoms with Gasteiger partial charge in [-0.15, -0.1) is 0 Å². The van der Waals surface area contributed by atoms with Crippen molar-refractivity contribution in [3.63, 3.8) is 0 Å². The van der Waals surface area contributed by atoms with Gasteiger partial charge in [0.25, 0.3) is 0 Å². The minimum absolute atomic E-state index is 0.182. The fourth-order valence-electron chi connectivity index (χ4n) is 3.27. The van der Waals surface area contributed by atoms with Gasteiger partial charge in [-0.25, -0.2) is 0 Å². The summed E-state index contributed by atoms with van der Waals surface area (Å²) in [5, 5.41) is 9.60. The summed E-state index contributed by atoms with van der Waals surface area (Å²) in [5.41, 5.74) is 1.76. The van der Waals surface area contributed by atoms with Crippen LogP contribution >= 0.6 is 11.6 Å². The number of benzene rings is 2. The first-order valence-corrected chi connectivity index (χ1v) is 9.95. The average Bonchev–Trinajstić information content (AvgIpc) is 2.99. The van der Waals surface area contributed by atoms with Crippen molar-refractivity contribution in [3.8, 4) is 11.8 Å². The van der Waals surface area contributed by atoms with Gasteiger partial charge in [-0.3, -0.25) is 4.79 Å². The molecule has 0 radical (unpaired) electrons. The fourth-order valence-corrected chi connectivity index (χ4v) is 3.40. The van der Waals surface area contributed by atoms with Crippen LogP contribution < -0.4 is 9.64 Å². The number of ether oxygens (including phenoxy) is 1. The molecule has 2 aromatic carbocycles. The van der Waals surface area contributed by atoms with Gasteiger partial charge in [-0.2, -0.15) is 5.26 Å². The van der Waals surface area contributed by atoms with Crippen molar-refractivity contribution in [1.82, 2.24) is 4.90 Å². The Labute approximate surface area is 171 Å². The number of rotatable bonds is 6. The quantitative estimate of drug-likeness (QED) is 0.688. The average molecular weight is 398 g/mol. The summed E-state index contributed by atoms with van der Waals surface area (Å²) < 4.78 is 5.66. The summed E-state index contributed by atoms with van der Waals surface area (Å²) in [6.45, 7) is 3.73. The van der Waals surface area contributed by atoms with Crippen LogP contribution in [0.3, 0.4) is 0 Å². The normalized spacial score (nSPS) is 14.3. The second-order valence-electron chi connectivity index (χ2n) is 6.79. The van der Waals surface area contributed by atoms with Crippen molar-refractivity contribution in [1.29, 1.82) is 5.26 Å². The van der Waals surface area contributed by atoms with E-state index in [0.29, 0.717) is 30.0 Å². The SMILES string of the molecule is N#Cc1ccc(N2CCCN(C(=O)CCCOc3ccc(Cl)cc3)CC2)cc1. The molecule has 0 N–H and O–H groups in total. The Hall–Kier alpha value is -2.71. The molecule has 146 valence electrons. The highest BCUT2D eigenvalue weighted by molar-refractivity contribution is 6.30. The number of carbonyl (C=O) groups excluding carboxylic acids is 1. The lowest BCUT2D eigenvalue weighted by Crippen LogP contribution is -2.35. The molecular formula is C22H24ClN3O2. The van der Waals surface area contributed by atoms with Crippen LogP contribution in [-0.2, 0) is 4.79 Å². The predicted molar refractivity (Wildman–Crippen MR) is 111 cm³/mol. The number of nitrogens with zero attached hydrogens (tertiary/aromatic N) is 3. The van der Waals surface area contributed by atoms with Gasteiger partial charge >= 0.3 is 0 Å². The van der Waals surface area contributed by atoms with Crippen molar-refractivity contribution in [3.05, 3.63) is 59.1 Å². The van der Waals surface area contributed by atoms with Crippen molar-refractivity contribution in [2.24, 2.45) is 0 Å². The summed E-state index contributed by atoms with van der Waals surface area (Å²) in [4.78, 5) is 16.8. The van der Waals surface area contributed by atoms with E-state index < -0.39 is 0 Å². The van der Waals surface area contributed by atoms with Crippen molar-refractivity contribution in [2.45, 2.75) is 19.3 Å². The lowest BCUT2D eigenvalue weighted by molar-refractivity contribution is -0.131. The monoisotopic (exact) mass is 397 g/mol. The molecule has 3 rings (SSSR count). The number of anilines is 1. The molecule has 1 fully saturated rings. The molecular weight excluding hydrogens is 374 g/mol. The van der Waals surface area contributed by atoms with E-state index in [4.69, 9.17) is 21.6 Å². The summed E-state index contributed by atoms with van der Waals surface area (Å²) in [6.07, 6.45) is 2.12. The van der Waals surface area contributed by atoms with Gasteiger partial charge in [0.05, 0.1) is 18.2 Å². The first-order valence-electron chi connectivity index (χ1n) is 9.57. The molecule has 0 atom stereocenters. The van der Waals surface area contributed by atoms with Gasteiger partial charge in [-0.05, 0) is 61.4 Å². The van der Waals surface area contributed by atoms with Crippen molar-refractivity contribution >= 4 is 23.2 Å². The summed E-state index contributed by atoms with van der Waals surface area (Å²) in [6, 6.07) is 17.0. The molecule has 0 aliphatic carbocycles. The number of hydrogen-bond acceptors (Lipinski definition) is 4. The van der Waals surface area contributed by atoms with Crippen LogP contribution in [0.4, 0.5) is 5.69 Å². The smallest absolute Gasteiger partial charge is 0.222 e. The summed E-state index contributed by atoms with van der Waals surface area (Å²) in [7, 11) is 0. The van der Waals surface area contributed by atoms with Gasteiger partial charge in [0.15, 0.2) is 0 Å². The minimum Gasteiger partial charge on any atom is -0.494 e. The maximum atomic E-state index is 12.5. The molecule has 0 bridgehead atoms. The van der Waals surface area contributed by atoms with E-state index in [-0.39, 0.29) is 5.91 Å². The maximum absolute atomic E-state index is 12.5. The lowest BCUT2D eigenvalue weighted by Gasteiger charge is -2.24. The van der Waals surface area contributed by atoms with Crippen LogP contribution in [0.15, 0.2) is 48.5 Å². The molecule has 0 unspecified atom stereocenters. The maximum Gasteiger partial charge on any atom is 0.222 e. The molecule has 1 aliphatic heterocycles. The molecule has 1 heterocycles. The molecule has 2 aromatic rings. The molecule has 1 aliphatic rings. The van der Waals surface area contributed by atoms with Crippen molar-refractivity contribution in [2.75, 3.05) is 37.7 Å². The molecule has 1 saturated heterocycles. The summed E-state index contributed by atoms with van der Waals surface area (Å²) in [5.74, 6) is 0.950. The van der Waals surface area contributed by atoms with Crippen LogP contribution in [0.1, 0.15) is 24.8 Å². The summed E-state index contributed by atoms with van der Waals surface area (Å²) >= 11 is 5.85. The number of hydrogen-bond donors (Lipinski definition) is 0. The van der Waals surface area contributed by atoms with E-state index in [1.807, 2.05) is 41.3 Å². The highest BCUT2D eigenvalue weighted by atomic mass is 35.5. The van der Waals surface area contributed by atoms with E-state index in [9.17, 15) is 4.79 Å². The van der Waals surface area contributed by atoms with Crippen LogP contribution in [0.25, 0.3) is 0 Å². The molecule has 0 aromatic heterocycles. The molecule has 0 saturated carbocycles. The van der Waals surface area contributed by atoms with Crippen molar-refractivity contribution < 1.29 is 9.53 Å². The van der Waals surface area contributed by atoms with Gasteiger partial charge < -0.3 is 14.5 Å². The second-order valence-corrected chi connectivity index (χ2v) is 7.22. The van der Waals surface area contributed by atoms with Crippen LogP contribution in [0.5, 0.6) is 5.75 Å². The van der Waals surface area contributed by atoms with Gasteiger partial charge in [-0.1, -0.05) is 11.6 Å². The third-order valence-electron chi connectivity index (χ3n) is 4.83. The van der Waals surface area contributed by atoms with Gasteiger partial charge in [0.1, 0.15) is 5.75 Å².